The maximum Gasteiger partial charge on any atom is 0.256 e. The van der Waals surface area contributed by atoms with E-state index < -0.39 is 0 Å². The number of methoxy groups -OCH3 is 1. The highest BCUT2D eigenvalue weighted by Gasteiger charge is 2.13. The first-order valence-corrected chi connectivity index (χ1v) is 7.32. The molecular weight excluding hydrogens is 316 g/mol. The van der Waals surface area contributed by atoms with Crippen LogP contribution >= 0.6 is 11.6 Å². The van der Waals surface area contributed by atoms with Crippen LogP contribution in [0, 0.1) is 6.92 Å². The largest absolute Gasteiger partial charge is 0.495 e. The Hall–Kier alpha value is -2.53. The number of rotatable bonds is 4. The average molecular weight is 333 g/mol. The summed E-state index contributed by atoms with van der Waals surface area (Å²) in [6, 6.07) is 10.2. The van der Waals surface area contributed by atoms with Crippen LogP contribution in [0.15, 0.2) is 36.4 Å². The zero-order valence-corrected chi connectivity index (χ0v) is 13.8. The lowest BCUT2D eigenvalue weighted by atomic mass is 10.1. The van der Waals surface area contributed by atoms with E-state index in [4.69, 9.17) is 16.3 Å². The van der Waals surface area contributed by atoms with Gasteiger partial charge in [0, 0.05) is 23.9 Å². The highest BCUT2D eigenvalue weighted by Crippen LogP contribution is 2.28. The van der Waals surface area contributed by atoms with E-state index in [0.29, 0.717) is 33.3 Å². The third kappa shape index (κ3) is 4.02. The van der Waals surface area contributed by atoms with Gasteiger partial charge >= 0.3 is 0 Å². The Morgan fingerprint density at radius 3 is 2.48 bits per heavy atom. The summed E-state index contributed by atoms with van der Waals surface area (Å²) in [5, 5.41) is 5.89. The lowest BCUT2D eigenvalue weighted by Crippen LogP contribution is -2.15. The van der Waals surface area contributed by atoms with E-state index in [1.165, 1.54) is 14.0 Å². The van der Waals surface area contributed by atoms with Crippen LogP contribution in [0.3, 0.4) is 0 Å². The normalized spacial score (nSPS) is 10.1. The van der Waals surface area contributed by atoms with Crippen LogP contribution in [-0.2, 0) is 4.79 Å². The maximum absolute atomic E-state index is 12.4. The molecule has 0 aromatic heterocycles. The topological polar surface area (TPSA) is 67.4 Å². The van der Waals surface area contributed by atoms with Gasteiger partial charge in [0.1, 0.15) is 5.75 Å². The number of ether oxygens (including phenoxy) is 1. The summed E-state index contributed by atoms with van der Waals surface area (Å²) < 4.78 is 5.08. The van der Waals surface area contributed by atoms with E-state index in [0.717, 1.165) is 0 Å². The number of anilines is 2. The third-order valence-electron chi connectivity index (χ3n) is 3.30. The number of carbonyl (C=O) groups is 2. The van der Waals surface area contributed by atoms with Crippen LogP contribution in [-0.4, -0.2) is 18.9 Å². The van der Waals surface area contributed by atoms with Crippen molar-refractivity contribution in [1.82, 2.24) is 0 Å². The summed E-state index contributed by atoms with van der Waals surface area (Å²) in [5.41, 5.74) is 2.34. The zero-order valence-electron chi connectivity index (χ0n) is 13.1. The molecule has 120 valence electrons. The number of nitrogens with one attached hydrogen (secondary N) is 2. The fourth-order valence-electron chi connectivity index (χ4n) is 2.15. The first-order chi connectivity index (χ1) is 10.9. The van der Waals surface area contributed by atoms with Gasteiger partial charge in [-0.3, -0.25) is 9.59 Å². The van der Waals surface area contributed by atoms with Gasteiger partial charge in [-0.05, 0) is 42.8 Å². The number of hydrogen-bond acceptors (Lipinski definition) is 3. The Morgan fingerprint density at radius 1 is 1.13 bits per heavy atom. The number of benzene rings is 2. The molecular formula is C17H17ClN2O3. The van der Waals surface area contributed by atoms with Gasteiger partial charge in [0.15, 0.2) is 0 Å². The molecule has 0 atom stereocenters. The summed E-state index contributed by atoms with van der Waals surface area (Å²) in [6.07, 6.45) is 0. The molecule has 0 bridgehead atoms. The predicted molar refractivity (Wildman–Crippen MR) is 91.4 cm³/mol. The second-order valence-corrected chi connectivity index (χ2v) is 5.37. The minimum Gasteiger partial charge on any atom is -0.495 e. The highest BCUT2D eigenvalue weighted by molar-refractivity contribution is 6.32. The van der Waals surface area contributed by atoms with Gasteiger partial charge in [0.25, 0.3) is 5.91 Å². The van der Waals surface area contributed by atoms with Crippen molar-refractivity contribution < 1.29 is 14.3 Å². The Morgan fingerprint density at radius 2 is 1.87 bits per heavy atom. The van der Waals surface area contributed by atoms with Crippen LogP contribution in [0.1, 0.15) is 22.8 Å². The Balaban J connectivity index is 2.24. The minimum absolute atomic E-state index is 0.187. The van der Waals surface area contributed by atoms with Crippen molar-refractivity contribution in [3.8, 4) is 5.75 Å². The molecule has 0 saturated heterocycles. The van der Waals surface area contributed by atoms with Crippen molar-refractivity contribution in [3.63, 3.8) is 0 Å². The van der Waals surface area contributed by atoms with Crippen molar-refractivity contribution in [2.75, 3.05) is 17.7 Å². The SMILES string of the molecule is COc1ccc(NC(=O)c2cccc(NC(C)=O)c2C)cc1Cl. The minimum atomic E-state index is -0.282. The van der Waals surface area contributed by atoms with Crippen molar-refractivity contribution in [3.05, 3.63) is 52.5 Å². The second-order valence-electron chi connectivity index (χ2n) is 4.96. The molecule has 6 heteroatoms. The molecule has 0 saturated carbocycles. The molecule has 2 aromatic rings. The smallest absolute Gasteiger partial charge is 0.256 e. The molecule has 23 heavy (non-hydrogen) atoms. The Bertz CT molecular complexity index is 759. The average Bonchev–Trinajstić information content (AvgIpc) is 2.49. The van der Waals surface area contributed by atoms with Gasteiger partial charge in [-0.25, -0.2) is 0 Å². The van der Waals surface area contributed by atoms with Gasteiger partial charge in [0.05, 0.1) is 12.1 Å². The summed E-state index contributed by atoms with van der Waals surface area (Å²) in [4.78, 5) is 23.6. The predicted octanol–water partition coefficient (Wildman–Crippen LogP) is 3.87. The highest BCUT2D eigenvalue weighted by atomic mass is 35.5. The van der Waals surface area contributed by atoms with Crippen molar-refractivity contribution in [2.45, 2.75) is 13.8 Å². The van der Waals surface area contributed by atoms with Crippen LogP contribution in [0.2, 0.25) is 5.02 Å². The van der Waals surface area contributed by atoms with Gasteiger partial charge in [0.2, 0.25) is 5.91 Å². The number of carbonyl (C=O) groups excluding carboxylic acids is 2. The van der Waals surface area contributed by atoms with Gasteiger partial charge in [-0.1, -0.05) is 17.7 Å². The molecule has 2 amide bonds. The Labute approximate surface area is 139 Å². The zero-order chi connectivity index (χ0) is 17.0. The summed E-state index contributed by atoms with van der Waals surface area (Å²) >= 11 is 6.05. The molecule has 0 aliphatic rings. The molecule has 0 aliphatic carbocycles. The fourth-order valence-corrected chi connectivity index (χ4v) is 2.41. The van der Waals surface area contributed by atoms with Gasteiger partial charge in [-0.15, -0.1) is 0 Å². The molecule has 0 aliphatic heterocycles. The first kappa shape index (κ1) is 16.8. The van der Waals surface area contributed by atoms with E-state index in [2.05, 4.69) is 10.6 Å². The van der Waals surface area contributed by atoms with E-state index in [1.54, 1.807) is 43.3 Å². The van der Waals surface area contributed by atoms with E-state index in [1.807, 2.05) is 0 Å². The molecule has 2 aromatic carbocycles. The number of amides is 2. The van der Waals surface area contributed by atoms with Gasteiger partial charge in [-0.2, -0.15) is 0 Å². The monoisotopic (exact) mass is 332 g/mol. The molecule has 0 radical (unpaired) electrons. The summed E-state index contributed by atoms with van der Waals surface area (Å²) in [7, 11) is 1.52. The molecule has 0 heterocycles. The fraction of sp³-hybridized carbons (Fsp3) is 0.176. The number of hydrogen-bond donors (Lipinski definition) is 2. The van der Waals surface area contributed by atoms with E-state index in [9.17, 15) is 9.59 Å². The summed E-state index contributed by atoms with van der Waals surface area (Å²) in [6.45, 7) is 3.20. The van der Waals surface area contributed by atoms with E-state index >= 15 is 0 Å². The quantitative estimate of drug-likeness (QED) is 0.893. The van der Waals surface area contributed by atoms with Crippen LogP contribution in [0.25, 0.3) is 0 Å². The van der Waals surface area contributed by atoms with Crippen LogP contribution in [0.5, 0.6) is 5.75 Å². The lowest BCUT2D eigenvalue weighted by molar-refractivity contribution is -0.114. The molecule has 0 spiro atoms. The van der Waals surface area contributed by atoms with Gasteiger partial charge < -0.3 is 15.4 Å². The second kappa shape index (κ2) is 7.15. The lowest BCUT2D eigenvalue weighted by Gasteiger charge is -2.12. The summed E-state index contributed by atoms with van der Waals surface area (Å²) in [5.74, 6) is 0.0667. The van der Waals surface area contributed by atoms with Crippen molar-refractivity contribution >= 4 is 34.8 Å². The standard InChI is InChI=1S/C17H17ClN2O3/c1-10-13(5-4-6-15(10)19-11(2)21)17(22)20-12-7-8-16(23-3)14(18)9-12/h4-9H,1-3H3,(H,19,21)(H,20,22). The maximum atomic E-state index is 12.4. The molecule has 2 N–H and O–H groups in total. The first-order valence-electron chi connectivity index (χ1n) is 6.94. The number of halogens is 1. The van der Waals surface area contributed by atoms with Crippen molar-refractivity contribution in [1.29, 1.82) is 0 Å². The Kier molecular flexibility index (Phi) is 5.24. The molecule has 5 nitrogen and oxygen atoms in total. The molecule has 2 rings (SSSR count). The van der Waals surface area contributed by atoms with Crippen LogP contribution < -0.4 is 15.4 Å². The van der Waals surface area contributed by atoms with Crippen LogP contribution in [0.4, 0.5) is 11.4 Å². The molecule has 0 unspecified atom stereocenters. The van der Waals surface area contributed by atoms with E-state index in [-0.39, 0.29) is 11.8 Å². The third-order valence-corrected chi connectivity index (χ3v) is 3.59. The van der Waals surface area contributed by atoms with Crippen molar-refractivity contribution in [2.24, 2.45) is 0 Å². The molecule has 0 fully saturated rings.